The van der Waals surface area contributed by atoms with Crippen molar-refractivity contribution >= 4 is 0 Å². The van der Waals surface area contributed by atoms with Gasteiger partial charge in [-0.25, -0.2) is 0 Å². The van der Waals surface area contributed by atoms with Crippen LogP contribution in [0.3, 0.4) is 0 Å². The molecule has 17 heavy (non-hydrogen) atoms. The third-order valence-corrected chi connectivity index (χ3v) is 3.73. The normalized spacial score (nSPS) is 17.5. The summed E-state index contributed by atoms with van der Waals surface area (Å²) in [6.45, 7) is 8.62. The highest BCUT2D eigenvalue weighted by molar-refractivity contribution is 5.33. The van der Waals surface area contributed by atoms with Crippen LogP contribution < -0.4 is 5.73 Å². The Morgan fingerprint density at radius 2 is 2.06 bits per heavy atom. The average molecular weight is 232 g/mol. The summed E-state index contributed by atoms with van der Waals surface area (Å²) in [5, 5.41) is 0. The third kappa shape index (κ3) is 3.08. The molecule has 0 aromatic heterocycles. The molecule has 1 aliphatic rings. The number of nitrogens with two attached hydrogens (primary N) is 1. The van der Waals surface area contributed by atoms with Crippen molar-refractivity contribution < 1.29 is 0 Å². The lowest BCUT2D eigenvalue weighted by molar-refractivity contribution is 0.260. The van der Waals surface area contributed by atoms with Crippen LogP contribution in [0.4, 0.5) is 0 Å². The molecule has 0 bridgehead atoms. The molecule has 0 spiro atoms. The molecular formula is C15H24N2. The maximum absolute atomic E-state index is 6.37. The van der Waals surface area contributed by atoms with E-state index in [-0.39, 0.29) is 6.04 Å². The number of nitrogens with zero attached hydrogens (tertiary/aromatic N) is 1. The van der Waals surface area contributed by atoms with Gasteiger partial charge < -0.3 is 5.73 Å². The number of hydrogen-bond donors (Lipinski definition) is 1. The van der Waals surface area contributed by atoms with E-state index in [0.717, 1.165) is 19.1 Å². The van der Waals surface area contributed by atoms with E-state index in [1.807, 2.05) is 0 Å². The molecular weight excluding hydrogens is 208 g/mol. The molecule has 94 valence electrons. The van der Waals surface area contributed by atoms with E-state index in [0.29, 0.717) is 0 Å². The highest BCUT2D eigenvalue weighted by Gasteiger charge is 2.29. The van der Waals surface area contributed by atoms with E-state index < -0.39 is 0 Å². The Bertz CT molecular complexity index is 383. The fourth-order valence-electron chi connectivity index (χ4n) is 2.49. The van der Waals surface area contributed by atoms with E-state index in [2.05, 4.69) is 43.9 Å². The molecule has 2 nitrogen and oxygen atoms in total. The third-order valence-electron chi connectivity index (χ3n) is 3.73. The molecule has 1 aliphatic carbocycles. The number of aryl methyl sites for hydroxylation is 2. The fraction of sp³-hybridized carbons (Fsp3) is 0.600. The molecule has 0 radical (unpaired) electrons. The number of likely N-dealkylation sites (N-methyl/N-ethyl adjacent to an activating group) is 1. The van der Waals surface area contributed by atoms with Gasteiger partial charge in [-0.2, -0.15) is 0 Å². The molecule has 2 N–H and O–H groups in total. The summed E-state index contributed by atoms with van der Waals surface area (Å²) in [6, 6.07) is 7.52. The van der Waals surface area contributed by atoms with Crippen LogP contribution in [0.2, 0.25) is 0 Å². The maximum Gasteiger partial charge on any atom is 0.0427 e. The van der Waals surface area contributed by atoms with Crippen LogP contribution in [0, 0.1) is 13.8 Å². The monoisotopic (exact) mass is 232 g/mol. The van der Waals surface area contributed by atoms with Crippen molar-refractivity contribution in [3.63, 3.8) is 0 Å². The molecule has 0 amide bonds. The SMILES string of the molecule is CCN(CC(N)c1cc(C)ccc1C)C1CC1. The first kappa shape index (κ1) is 12.6. The summed E-state index contributed by atoms with van der Waals surface area (Å²) in [5.74, 6) is 0. The molecule has 1 atom stereocenters. The van der Waals surface area contributed by atoms with E-state index in [9.17, 15) is 0 Å². The van der Waals surface area contributed by atoms with Crippen molar-refractivity contribution in [2.45, 2.75) is 45.7 Å². The summed E-state index contributed by atoms with van der Waals surface area (Å²) in [4.78, 5) is 2.52. The first-order valence-corrected chi connectivity index (χ1v) is 6.68. The first-order valence-electron chi connectivity index (χ1n) is 6.68. The Hall–Kier alpha value is -0.860. The molecule has 1 unspecified atom stereocenters. The summed E-state index contributed by atoms with van der Waals surface area (Å²) in [7, 11) is 0. The number of hydrogen-bond acceptors (Lipinski definition) is 2. The largest absolute Gasteiger partial charge is 0.323 e. The van der Waals surface area contributed by atoms with Crippen LogP contribution in [0.5, 0.6) is 0 Å². The lowest BCUT2D eigenvalue weighted by Gasteiger charge is -2.25. The van der Waals surface area contributed by atoms with Gasteiger partial charge in [0.05, 0.1) is 0 Å². The Morgan fingerprint density at radius 1 is 1.35 bits per heavy atom. The number of benzene rings is 1. The highest BCUT2D eigenvalue weighted by Crippen LogP contribution is 2.28. The zero-order valence-corrected chi connectivity index (χ0v) is 11.2. The second-order valence-corrected chi connectivity index (χ2v) is 5.29. The Morgan fingerprint density at radius 3 is 2.65 bits per heavy atom. The van der Waals surface area contributed by atoms with Crippen LogP contribution >= 0.6 is 0 Å². The summed E-state index contributed by atoms with van der Waals surface area (Å²) in [5.41, 5.74) is 10.3. The van der Waals surface area contributed by atoms with Gasteiger partial charge in [0.2, 0.25) is 0 Å². The fourth-order valence-corrected chi connectivity index (χ4v) is 2.49. The van der Waals surface area contributed by atoms with Crippen LogP contribution in [0.25, 0.3) is 0 Å². The predicted octanol–water partition coefficient (Wildman–Crippen LogP) is 2.79. The summed E-state index contributed by atoms with van der Waals surface area (Å²) < 4.78 is 0. The standard InChI is InChI=1S/C15H24N2/c1-4-17(13-7-8-13)10-15(16)14-9-11(2)5-6-12(14)3/h5-6,9,13,15H,4,7-8,10,16H2,1-3H3. The van der Waals surface area contributed by atoms with Gasteiger partial charge in [-0.3, -0.25) is 4.90 Å². The second-order valence-electron chi connectivity index (χ2n) is 5.29. The summed E-state index contributed by atoms with van der Waals surface area (Å²) in [6.07, 6.45) is 2.71. The lowest BCUT2D eigenvalue weighted by atomic mass is 9.99. The van der Waals surface area contributed by atoms with Gasteiger partial charge in [0.25, 0.3) is 0 Å². The van der Waals surface area contributed by atoms with Crippen LogP contribution in [0.15, 0.2) is 18.2 Å². The number of rotatable bonds is 5. The van der Waals surface area contributed by atoms with E-state index in [4.69, 9.17) is 5.73 Å². The molecule has 2 heteroatoms. The van der Waals surface area contributed by atoms with Crippen LogP contribution in [-0.2, 0) is 0 Å². The van der Waals surface area contributed by atoms with Crippen LogP contribution in [0.1, 0.15) is 42.5 Å². The van der Waals surface area contributed by atoms with Gasteiger partial charge in [0, 0.05) is 18.6 Å². The average Bonchev–Trinajstić information content (AvgIpc) is 3.13. The van der Waals surface area contributed by atoms with Crippen molar-refractivity contribution in [1.29, 1.82) is 0 Å². The molecule has 1 saturated carbocycles. The molecule has 1 aromatic rings. The van der Waals surface area contributed by atoms with Crippen molar-refractivity contribution in [2.75, 3.05) is 13.1 Å². The Balaban J connectivity index is 2.07. The van der Waals surface area contributed by atoms with E-state index in [1.54, 1.807) is 0 Å². The minimum absolute atomic E-state index is 0.149. The van der Waals surface area contributed by atoms with Gasteiger partial charge >= 0.3 is 0 Å². The van der Waals surface area contributed by atoms with Crippen molar-refractivity contribution in [3.05, 3.63) is 34.9 Å². The second kappa shape index (κ2) is 5.19. The maximum atomic E-state index is 6.37. The van der Waals surface area contributed by atoms with Gasteiger partial charge in [-0.15, -0.1) is 0 Å². The van der Waals surface area contributed by atoms with Crippen molar-refractivity contribution in [1.82, 2.24) is 4.90 Å². The van der Waals surface area contributed by atoms with Gasteiger partial charge in [-0.05, 0) is 44.4 Å². The molecule has 1 fully saturated rings. The zero-order valence-electron chi connectivity index (χ0n) is 11.2. The Labute approximate surface area is 105 Å². The zero-order chi connectivity index (χ0) is 12.4. The minimum Gasteiger partial charge on any atom is -0.323 e. The predicted molar refractivity (Wildman–Crippen MR) is 73.1 cm³/mol. The van der Waals surface area contributed by atoms with Crippen LogP contribution in [-0.4, -0.2) is 24.0 Å². The Kier molecular flexibility index (Phi) is 3.85. The first-order chi connectivity index (χ1) is 8.11. The highest BCUT2D eigenvalue weighted by atomic mass is 15.2. The molecule has 1 aromatic carbocycles. The molecule has 0 aliphatic heterocycles. The smallest absolute Gasteiger partial charge is 0.0427 e. The van der Waals surface area contributed by atoms with Crippen molar-refractivity contribution in [2.24, 2.45) is 5.73 Å². The van der Waals surface area contributed by atoms with E-state index >= 15 is 0 Å². The lowest BCUT2D eigenvalue weighted by Crippen LogP contribution is -2.34. The van der Waals surface area contributed by atoms with E-state index in [1.165, 1.54) is 29.5 Å². The van der Waals surface area contributed by atoms with Crippen molar-refractivity contribution in [3.8, 4) is 0 Å². The topological polar surface area (TPSA) is 29.3 Å². The molecule has 0 heterocycles. The van der Waals surface area contributed by atoms with Gasteiger partial charge in [-0.1, -0.05) is 30.7 Å². The van der Waals surface area contributed by atoms with Gasteiger partial charge in [0.15, 0.2) is 0 Å². The quantitative estimate of drug-likeness (QED) is 0.846. The summed E-state index contributed by atoms with van der Waals surface area (Å²) >= 11 is 0. The molecule has 0 saturated heterocycles. The molecule has 2 rings (SSSR count). The van der Waals surface area contributed by atoms with Gasteiger partial charge in [0.1, 0.15) is 0 Å². The minimum atomic E-state index is 0.149.